The Labute approximate surface area is 124 Å². The summed E-state index contributed by atoms with van der Waals surface area (Å²) in [6.07, 6.45) is 0. The van der Waals surface area contributed by atoms with E-state index in [0.29, 0.717) is 5.56 Å². The summed E-state index contributed by atoms with van der Waals surface area (Å²) in [6, 6.07) is 7.21. The molecule has 0 aliphatic heterocycles. The number of anilines is 1. The molecule has 2 rings (SSSR count). The van der Waals surface area contributed by atoms with Crippen molar-refractivity contribution in [1.29, 1.82) is 0 Å². The molecule has 110 valence electrons. The molecule has 0 radical (unpaired) electrons. The summed E-state index contributed by atoms with van der Waals surface area (Å²) < 4.78 is 26.4. The zero-order chi connectivity index (χ0) is 15.6. The van der Waals surface area contributed by atoms with Gasteiger partial charge in [-0.25, -0.2) is 8.78 Å². The third-order valence-electron chi connectivity index (χ3n) is 2.98. The number of nitrogens with zero attached hydrogens (tertiary/aromatic N) is 1. The fraction of sp³-hybridized carbons (Fsp3) is 0.143. The molecular formula is C14H11ClF2N2O2. The van der Waals surface area contributed by atoms with Crippen LogP contribution in [0.5, 0.6) is 0 Å². The van der Waals surface area contributed by atoms with Crippen molar-refractivity contribution in [2.45, 2.75) is 13.0 Å². The molecule has 1 unspecified atom stereocenters. The third kappa shape index (κ3) is 3.46. The lowest BCUT2D eigenvalue weighted by atomic mass is 10.1. The van der Waals surface area contributed by atoms with Gasteiger partial charge in [-0.1, -0.05) is 23.7 Å². The van der Waals surface area contributed by atoms with Crippen LogP contribution in [0.15, 0.2) is 36.4 Å². The van der Waals surface area contributed by atoms with E-state index in [9.17, 15) is 18.9 Å². The minimum atomic E-state index is -0.754. The molecule has 0 aliphatic carbocycles. The highest BCUT2D eigenvalue weighted by Crippen LogP contribution is 2.32. The molecule has 0 saturated carbocycles. The Morgan fingerprint density at radius 1 is 1.24 bits per heavy atom. The largest absolute Gasteiger partial charge is 0.373 e. The Balaban J connectivity index is 2.32. The lowest BCUT2D eigenvalue weighted by molar-refractivity contribution is -0.384. The number of halogens is 3. The third-order valence-corrected chi connectivity index (χ3v) is 3.27. The Morgan fingerprint density at radius 3 is 2.43 bits per heavy atom. The van der Waals surface area contributed by atoms with Crippen LogP contribution in [0.2, 0.25) is 5.02 Å². The van der Waals surface area contributed by atoms with E-state index in [1.807, 2.05) is 0 Å². The molecule has 2 aromatic carbocycles. The first kappa shape index (κ1) is 15.2. The van der Waals surface area contributed by atoms with Crippen LogP contribution in [-0.2, 0) is 0 Å². The number of hydrogen-bond acceptors (Lipinski definition) is 3. The van der Waals surface area contributed by atoms with Crippen molar-refractivity contribution in [3.8, 4) is 0 Å². The number of benzene rings is 2. The zero-order valence-corrected chi connectivity index (χ0v) is 11.7. The Kier molecular flexibility index (Phi) is 4.37. The summed E-state index contributed by atoms with van der Waals surface area (Å²) in [5.74, 6) is -1.13. The Morgan fingerprint density at radius 2 is 1.86 bits per heavy atom. The van der Waals surface area contributed by atoms with E-state index in [-0.39, 0.29) is 28.3 Å². The summed E-state index contributed by atoms with van der Waals surface area (Å²) in [6.45, 7) is 1.73. The molecule has 0 aliphatic rings. The van der Waals surface area contributed by atoms with E-state index < -0.39 is 10.7 Å². The lowest BCUT2D eigenvalue weighted by Crippen LogP contribution is -2.09. The van der Waals surface area contributed by atoms with E-state index in [4.69, 9.17) is 11.6 Å². The predicted molar refractivity (Wildman–Crippen MR) is 76.5 cm³/mol. The summed E-state index contributed by atoms with van der Waals surface area (Å²) in [5, 5.41) is 13.5. The minimum absolute atomic E-state index is 0.0127. The van der Waals surface area contributed by atoms with Gasteiger partial charge in [0.15, 0.2) is 0 Å². The fourth-order valence-electron chi connectivity index (χ4n) is 1.87. The molecule has 0 aromatic heterocycles. The van der Waals surface area contributed by atoms with Crippen LogP contribution < -0.4 is 5.32 Å². The highest BCUT2D eigenvalue weighted by molar-refractivity contribution is 6.31. The van der Waals surface area contributed by atoms with E-state index in [1.165, 1.54) is 12.1 Å². The first-order chi connectivity index (χ1) is 9.88. The van der Waals surface area contributed by atoms with E-state index in [2.05, 4.69) is 5.32 Å². The van der Waals surface area contributed by atoms with Gasteiger partial charge in [0.1, 0.15) is 17.3 Å². The average Bonchev–Trinajstić information content (AvgIpc) is 2.43. The van der Waals surface area contributed by atoms with Gasteiger partial charge in [0.05, 0.1) is 9.95 Å². The SMILES string of the molecule is CC(Nc1cc(F)c(Cl)cc1[N+](=O)[O-])c1ccc(F)cc1. The predicted octanol–water partition coefficient (Wildman–Crippen LogP) is 4.70. The van der Waals surface area contributed by atoms with Crippen molar-refractivity contribution in [2.24, 2.45) is 0 Å². The highest BCUT2D eigenvalue weighted by atomic mass is 35.5. The van der Waals surface area contributed by atoms with Crippen molar-refractivity contribution in [3.63, 3.8) is 0 Å². The molecule has 0 bridgehead atoms. The molecule has 7 heteroatoms. The van der Waals surface area contributed by atoms with Crippen molar-refractivity contribution >= 4 is 23.0 Å². The van der Waals surface area contributed by atoms with Crippen molar-refractivity contribution in [2.75, 3.05) is 5.32 Å². The maximum Gasteiger partial charge on any atom is 0.294 e. The maximum absolute atomic E-state index is 13.5. The second-order valence-electron chi connectivity index (χ2n) is 4.46. The van der Waals surface area contributed by atoms with Gasteiger partial charge in [-0.15, -0.1) is 0 Å². The van der Waals surface area contributed by atoms with Gasteiger partial charge in [0.25, 0.3) is 5.69 Å². The Hall–Kier alpha value is -2.21. The van der Waals surface area contributed by atoms with Gasteiger partial charge < -0.3 is 5.32 Å². The van der Waals surface area contributed by atoms with Crippen LogP contribution in [0, 0.1) is 21.7 Å². The molecule has 4 nitrogen and oxygen atoms in total. The van der Waals surface area contributed by atoms with Crippen LogP contribution in [0.1, 0.15) is 18.5 Å². The van der Waals surface area contributed by atoms with Crippen molar-refractivity contribution in [1.82, 2.24) is 0 Å². The summed E-state index contributed by atoms with van der Waals surface area (Å²) >= 11 is 5.55. The monoisotopic (exact) mass is 312 g/mol. The first-order valence-electron chi connectivity index (χ1n) is 6.04. The molecule has 0 spiro atoms. The van der Waals surface area contributed by atoms with Crippen molar-refractivity contribution < 1.29 is 13.7 Å². The normalized spacial score (nSPS) is 12.0. The van der Waals surface area contributed by atoms with Crippen LogP contribution >= 0.6 is 11.6 Å². The molecular weight excluding hydrogens is 302 g/mol. The minimum Gasteiger partial charge on any atom is -0.373 e. The van der Waals surface area contributed by atoms with Crippen LogP contribution in [0.4, 0.5) is 20.2 Å². The second kappa shape index (κ2) is 6.05. The van der Waals surface area contributed by atoms with E-state index >= 15 is 0 Å². The molecule has 2 aromatic rings. The number of hydrogen-bond donors (Lipinski definition) is 1. The number of nitrogens with one attached hydrogen (secondary N) is 1. The molecule has 0 amide bonds. The van der Waals surface area contributed by atoms with Crippen LogP contribution in [0.25, 0.3) is 0 Å². The van der Waals surface area contributed by atoms with Gasteiger partial charge >= 0.3 is 0 Å². The molecule has 21 heavy (non-hydrogen) atoms. The standard InChI is InChI=1S/C14H11ClF2N2O2/c1-8(9-2-4-10(16)5-3-9)18-13-7-12(17)11(15)6-14(13)19(20)21/h2-8,18H,1H3. The molecule has 0 saturated heterocycles. The average molecular weight is 313 g/mol. The van der Waals surface area contributed by atoms with Gasteiger partial charge in [-0.2, -0.15) is 0 Å². The van der Waals surface area contributed by atoms with Gasteiger partial charge in [0, 0.05) is 18.2 Å². The lowest BCUT2D eigenvalue weighted by Gasteiger charge is -2.16. The summed E-state index contributed by atoms with van der Waals surface area (Å²) in [7, 11) is 0. The topological polar surface area (TPSA) is 55.2 Å². The maximum atomic E-state index is 13.5. The van der Waals surface area contributed by atoms with Crippen LogP contribution in [-0.4, -0.2) is 4.92 Å². The van der Waals surface area contributed by atoms with E-state index in [1.54, 1.807) is 19.1 Å². The quantitative estimate of drug-likeness (QED) is 0.657. The van der Waals surface area contributed by atoms with Crippen molar-refractivity contribution in [3.05, 3.63) is 68.7 Å². The van der Waals surface area contributed by atoms with Crippen LogP contribution in [0.3, 0.4) is 0 Å². The second-order valence-corrected chi connectivity index (χ2v) is 4.87. The van der Waals surface area contributed by atoms with Gasteiger partial charge in [0.2, 0.25) is 0 Å². The number of rotatable bonds is 4. The highest BCUT2D eigenvalue weighted by Gasteiger charge is 2.19. The smallest absolute Gasteiger partial charge is 0.294 e. The molecule has 0 fully saturated rings. The Bertz CT molecular complexity index is 677. The fourth-order valence-corrected chi connectivity index (χ4v) is 2.03. The van der Waals surface area contributed by atoms with Gasteiger partial charge in [-0.05, 0) is 24.6 Å². The van der Waals surface area contributed by atoms with Gasteiger partial charge in [-0.3, -0.25) is 10.1 Å². The number of nitro groups is 1. The summed E-state index contributed by atoms with van der Waals surface area (Å²) in [5.41, 5.74) is 0.398. The first-order valence-corrected chi connectivity index (χ1v) is 6.41. The summed E-state index contributed by atoms with van der Waals surface area (Å²) in [4.78, 5) is 10.3. The molecule has 1 N–H and O–H groups in total. The zero-order valence-electron chi connectivity index (χ0n) is 10.9. The molecule has 0 heterocycles. The number of nitro benzene ring substituents is 1. The van der Waals surface area contributed by atoms with E-state index in [0.717, 1.165) is 12.1 Å². The molecule has 1 atom stereocenters.